The summed E-state index contributed by atoms with van der Waals surface area (Å²) in [5.74, 6) is -1.04. The standard InChI is InChI=1S/C18H18N2O4S/c1-12-6-7-13(2)16(10-12)19-18(22)14-4-3-5-15(11-14)20-17(21)8-9-25(20,23)24/h3-7,10-11H,8-9H2,1-2H3,(H,19,22). The average Bonchev–Trinajstić information content (AvgIpc) is 2.84. The molecule has 7 heteroatoms. The van der Waals surface area contributed by atoms with Crippen molar-refractivity contribution in [2.45, 2.75) is 20.3 Å². The van der Waals surface area contributed by atoms with Crippen LogP contribution in [0.15, 0.2) is 42.5 Å². The molecular formula is C18H18N2O4S. The Labute approximate surface area is 146 Å². The Balaban J connectivity index is 1.90. The normalized spacial score (nSPS) is 16.1. The Morgan fingerprint density at radius 1 is 1.12 bits per heavy atom. The van der Waals surface area contributed by atoms with Crippen LogP contribution in [0.2, 0.25) is 0 Å². The van der Waals surface area contributed by atoms with Crippen molar-refractivity contribution in [1.82, 2.24) is 0 Å². The fourth-order valence-corrected chi connectivity index (χ4v) is 4.16. The Morgan fingerprint density at radius 2 is 1.88 bits per heavy atom. The third-order valence-electron chi connectivity index (χ3n) is 4.06. The highest BCUT2D eigenvalue weighted by Gasteiger charge is 2.36. The van der Waals surface area contributed by atoms with Crippen LogP contribution < -0.4 is 9.62 Å². The molecule has 0 aliphatic carbocycles. The van der Waals surface area contributed by atoms with E-state index >= 15 is 0 Å². The number of anilines is 2. The Kier molecular flexibility index (Phi) is 4.34. The van der Waals surface area contributed by atoms with Gasteiger partial charge in [-0.05, 0) is 49.2 Å². The van der Waals surface area contributed by atoms with Gasteiger partial charge in [-0.15, -0.1) is 0 Å². The van der Waals surface area contributed by atoms with Gasteiger partial charge < -0.3 is 5.32 Å². The first-order chi connectivity index (χ1) is 11.8. The molecule has 0 spiro atoms. The molecule has 0 saturated carbocycles. The van der Waals surface area contributed by atoms with Crippen molar-refractivity contribution in [3.05, 3.63) is 59.2 Å². The molecule has 1 heterocycles. The minimum atomic E-state index is -3.65. The molecular weight excluding hydrogens is 340 g/mol. The molecule has 0 atom stereocenters. The molecule has 1 saturated heterocycles. The number of sulfonamides is 1. The predicted octanol–water partition coefficient (Wildman–Crippen LogP) is 2.62. The molecule has 1 N–H and O–H groups in total. The van der Waals surface area contributed by atoms with Gasteiger partial charge in [0.2, 0.25) is 15.9 Å². The van der Waals surface area contributed by atoms with E-state index in [0.29, 0.717) is 5.69 Å². The van der Waals surface area contributed by atoms with Crippen LogP contribution in [0.1, 0.15) is 27.9 Å². The number of rotatable bonds is 3. The molecule has 0 bridgehead atoms. The fourth-order valence-electron chi connectivity index (χ4n) is 2.71. The summed E-state index contributed by atoms with van der Waals surface area (Å²) in [5.41, 5.74) is 3.11. The highest BCUT2D eigenvalue weighted by molar-refractivity contribution is 7.94. The van der Waals surface area contributed by atoms with Crippen LogP contribution in [-0.4, -0.2) is 26.0 Å². The van der Waals surface area contributed by atoms with E-state index in [4.69, 9.17) is 0 Å². The number of carbonyl (C=O) groups is 2. The van der Waals surface area contributed by atoms with Crippen molar-refractivity contribution in [2.24, 2.45) is 0 Å². The molecule has 6 nitrogen and oxygen atoms in total. The van der Waals surface area contributed by atoms with E-state index in [1.165, 1.54) is 12.1 Å². The van der Waals surface area contributed by atoms with Gasteiger partial charge in [-0.1, -0.05) is 18.2 Å². The highest BCUT2D eigenvalue weighted by atomic mass is 32.2. The number of aryl methyl sites for hydroxylation is 2. The first-order valence-corrected chi connectivity index (χ1v) is 9.43. The summed E-state index contributed by atoms with van der Waals surface area (Å²) in [6, 6.07) is 11.8. The van der Waals surface area contributed by atoms with E-state index in [0.717, 1.165) is 15.4 Å². The minimum Gasteiger partial charge on any atom is -0.322 e. The van der Waals surface area contributed by atoms with Gasteiger partial charge in [0.1, 0.15) is 0 Å². The molecule has 3 rings (SSSR count). The smallest absolute Gasteiger partial charge is 0.255 e. The van der Waals surface area contributed by atoms with Gasteiger partial charge >= 0.3 is 0 Å². The molecule has 0 radical (unpaired) electrons. The first-order valence-electron chi connectivity index (χ1n) is 7.82. The summed E-state index contributed by atoms with van der Waals surface area (Å²) in [6.07, 6.45) is -0.0404. The predicted molar refractivity (Wildman–Crippen MR) is 96.2 cm³/mol. The van der Waals surface area contributed by atoms with Gasteiger partial charge in [0, 0.05) is 17.7 Å². The van der Waals surface area contributed by atoms with Gasteiger partial charge in [0.05, 0.1) is 11.4 Å². The average molecular weight is 358 g/mol. The monoisotopic (exact) mass is 358 g/mol. The van der Waals surface area contributed by atoms with Crippen molar-refractivity contribution in [3.8, 4) is 0 Å². The Hall–Kier alpha value is -2.67. The highest BCUT2D eigenvalue weighted by Crippen LogP contribution is 2.26. The van der Waals surface area contributed by atoms with Gasteiger partial charge in [-0.3, -0.25) is 9.59 Å². The lowest BCUT2D eigenvalue weighted by atomic mass is 10.1. The maximum absolute atomic E-state index is 12.5. The van der Waals surface area contributed by atoms with E-state index < -0.39 is 15.9 Å². The van der Waals surface area contributed by atoms with Gasteiger partial charge in [-0.25, -0.2) is 12.7 Å². The Morgan fingerprint density at radius 3 is 2.56 bits per heavy atom. The molecule has 2 aromatic rings. The third-order valence-corrected chi connectivity index (χ3v) is 5.75. The van der Waals surface area contributed by atoms with E-state index in [2.05, 4.69) is 5.32 Å². The van der Waals surface area contributed by atoms with E-state index in [9.17, 15) is 18.0 Å². The summed E-state index contributed by atoms with van der Waals surface area (Å²) < 4.78 is 24.8. The summed E-state index contributed by atoms with van der Waals surface area (Å²) >= 11 is 0. The van der Waals surface area contributed by atoms with Crippen molar-refractivity contribution in [1.29, 1.82) is 0 Å². The number of nitrogens with one attached hydrogen (secondary N) is 1. The van der Waals surface area contributed by atoms with E-state index in [-0.39, 0.29) is 29.3 Å². The maximum Gasteiger partial charge on any atom is 0.255 e. The zero-order valence-corrected chi connectivity index (χ0v) is 14.8. The lowest BCUT2D eigenvalue weighted by molar-refractivity contribution is -0.116. The van der Waals surface area contributed by atoms with Crippen molar-refractivity contribution >= 4 is 33.2 Å². The lowest BCUT2D eigenvalue weighted by Crippen LogP contribution is -2.29. The number of hydrogen-bond donors (Lipinski definition) is 1. The molecule has 0 unspecified atom stereocenters. The molecule has 1 fully saturated rings. The van der Waals surface area contributed by atoms with Gasteiger partial charge in [0.25, 0.3) is 5.91 Å². The third kappa shape index (κ3) is 3.41. The lowest BCUT2D eigenvalue weighted by Gasteiger charge is -2.16. The molecule has 25 heavy (non-hydrogen) atoms. The molecule has 2 amide bonds. The summed E-state index contributed by atoms with van der Waals surface area (Å²) in [6.45, 7) is 3.82. The first kappa shape index (κ1) is 17.2. The largest absolute Gasteiger partial charge is 0.322 e. The van der Waals surface area contributed by atoms with E-state index in [1.54, 1.807) is 12.1 Å². The number of carbonyl (C=O) groups excluding carboxylic acids is 2. The quantitative estimate of drug-likeness (QED) is 0.914. The van der Waals surface area contributed by atoms with E-state index in [1.807, 2.05) is 32.0 Å². The SMILES string of the molecule is Cc1ccc(C)c(NC(=O)c2cccc(N3C(=O)CCS3(=O)=O)c2)c1. The van der Waals surface area contributed by atoms with Crippen LogP contribution in [0, 0.1) is 13.8 Å². The van der Waals surface area contributed by atoms with Crippen molar-refractivity contribution in [3.63, 3.8) is 0 Å². The zero-order valence-electron chi connectivity index (χ0n) is 13.9. The molecule has 130 valence electrons. The molecule has 1 aliphatic rings. The fraction of sp³-hybridized carbons (Fsp3) is 0.222. The number of hydrogen-bond acceptors (Lipinski definition) is 4. The second-order valence-corrected chi connectivity index (χ2v) is 7.98. The summed E-state index contributed by atoms with van der Waals surface area (Å²) in [4.78, 5) is 24.4. The van der Waals surface area contributed by atoms with Crippen LogP contribution in [0.3, 0.4) is 0 Å². The zero-order chi connectivity index (χ0) is 18.2. The van der Waals surface area contributed by atoms with Crippen LogP contribution >= 0.6 is 0 Å². The van der Waals surface area contributed by atoms with Crippen LogP contribution in [0.5, 0.6) is 0 Å². The number of benzene rings is 2. The maximum atomic E-state index is 12.5. The van der Waals surface area contributed by atoms with Crippen molar-refractivity contribution < 1.29 is 18.0 Å². The topological polar surface area (TPSA) is 83.6 Å². The van der Waals surface area contributed by atoms with Crippen molar-refractivity contribution in [2.75, 3.05) is 15.4 Å². The van der Waals surface area contributed by atoms with Gasteiger partial charge in [-0.2, -0.15) is 0 Å². The second-order valence-electron chi connectivity index (χ2n) is 6.05. The summed E-state index contributed by atoms with van der Waals surface area (Å²) in [5, 5.41) is 2.83. The number of nitrogens with zero attached hydrogens (tertiary/aromatic N) is 1. The molecule has 1 aliphatic heterocycles. The van der Waals surface area contributed by atoms with Crippen LogP contribution in [-0.2, 0) is 14.8 Å². The number of amides is 2. The van der Waals surface area contributed by atoms with Gasteiger partial charge in [0.15, 0.2) is 0 Å². The molecule has 0 aromatic heterocycles. The molecule has 2 aromatic carbocycles. The second kappa shape index (κ2) is 6.33. The minimum absolute atomic E-state index is 0.0404. The van der Waals surface area contributed by atoms with Crippen LogP contribution in [0.4, 0.5) is 11.4 Å². The van der Waals surface area contributed by atoms with Crippen LogP contribution in [0.25, 0.3) is 0 Å². The summed E-state index contributed by atoms with van der Waals surface area (Å²) in [7, 11) is -3.65. The Bertz CT molecular complexity index is 967.